The van der Waals surface area contributed by atoms with E-state index in [1.165, 1.54) is 0 Å². The fourth-order valence-corrected chi connectivity index (χ4v) is 2.68. The maximum Gasteiger partial charge on any atom is 0.317 e. The van der Waals surface area contributed by atoms with Crippen LogP contribution < -0.4 is 0 Å². The number of carboxylic acids is 1. The molecular formula is C13H18N2O3. The lowest BCUT2D eigenvalue weighted by molar-refractivity contribution is -0.157. The van der Waals surface area contributed by atoms with Gasteiger partial charge in [-0.3, -0.25) is 14.3 Å². The summed E-state index contributed by atoms with van der Waals surface area (Å²) in [6, 6.07) is 1.86. The van der Waals surface area contributed by atoms with E-state index in [1.54, 1.807) is 10.9 Å². The van der Waals surface area contributed by atoms with Gasteiger partial charge in [-0.1, -0.05) is 6.42 Å². The number of nitrogens with zero attached hydrogens (tertiary/aromatic N) is 2. The molecule has 0 bridgehead atoms. The van der Waals surface area contributed by atoms with Gasteiger partial charge in [0.2, 0.25) is 0 Å². The molecule has 1 aliphatic rings. The largest absolute Gasteiger partial charge is 0.480 e. The number of Topliss-reactive ketones (excluding diaryl/α,β-unsaturated/α-hetero) is 1. The summed E-state index contributed by atoms with van der Waals surface area (Å²) in [5.74, 6) is -1.07. The Bertz CT molecular complexity index is 467. The highest BCUT2D eigenvalue weighted by atomic mass is 16.4. The number of carbonyl (C=O) groups is 2. The van der Waals surface area contributed by atoms with Crippen molar-refractivity contribution in [2.24, 2.45) is 12.5 Å². The molecule has 0 radical (unpaired) electrons. The van der Waals surface area contributed by atoms with Gasteiger partial charge in [0.05, 0.1) is 0 Å². The number of aryl methyl sites for hydroxylation is 2. The zero-order valence-electron chi connectivity index (χ0n) is 10.6. The Hall–Kier alpha value is -1.65. The van der Waals surface area contributed by atoms with E-state index in [2.05, 4.69) is 5.10 Å². The fourth-order valence-electron chi connectivity index (χ4n) is 2.68. The Morgan fingerprint density at radius 2 is 2.33 bits per heavy atom. The van der Waals surface area contributed by atoms with Crippen LogP contribution in [0.3, 0.4) is 0 Å². The monoisotopic (exact) mass is 250 g/mol. The number of carbonyl (C=O) groups excluding carboxylic acids is 1. The quantitative estimate of drug-likeness (QED) is 0.823. The van der Waals surface area contributed by atoms with Crippen LogP contribution in [0.25, 0.3) is 0 Å². The second kappa shape index (κ2) is 4.92. The molecule has 0 spiro atoms. The first-order valence-electron chi connectivity index (χ1n) is 6.30. The smallest absolute Gasteiger partial charge is 0.317 e. The van der Waals surface area contributed by atoms with Gasteiger partial charge in [0.1, 0.15) is 11.2 Å². The zero-order chi connectivity index (χ0) is 13.2. The first kappa shape index (κ1) is 12.8. The Kier molecular flexibility index (Phi) is 3.50. The van der Waals surface area contributed by atoms with Crippen molar-refractivity contribution in [3.63, 3.8) is 0 Å². The Morgan fingerprint density at radius 1 is 1.56 bits per heavy atom. The van der Waals surface area contributed by atoms with Crippen molar-refractivity contribution < 1.29 is 14.7 Å². The molecule has 0 aromatic carbocycles. The molecule has 1 aromatic heterocycles. The van der Waals surface area contributed by atoms with Crippen molar-refractivity contribution in [3.05, 3.63) is 18.0 Å². The van der Waals surface area contributed by atoms with E-state index in [4.69, 9.17) is 0 Å². The molecule has 0 aliphatic heterocycles. The van der Waals surface area contributed by atoms with Crippen molar-refractivity contribution in [2.75, 3.05) is 0 Å². The summed E-state index contributed by atoms with van der Waals surface area (Å²) >= 11 is 0. The molecule has 1 atom stereocenters. The molecule has 1 saturated carbocycles. The molecule has 5 heteroatoms. The van der Waals surface area contributed by atoms with Crippen molar-refractivity contribution in [1.29, 1.82) is 0 Å². The number of aromatic nitrogens is 2. The van der Waals surface area contributed by atoms with Gasteiger partial charge in [0.25, 0.3) is 0 Å². The van der Waals surface area contributed by atoms with E-state index in [0.29, 0.717) is 25.7 Å². The van der Waals surface area contributed by atoms with Crippen LogP contribution in [0, 0.1) is 5.41 Å². The third-order valence-electron chi connectivity index (χ3n) is 3.93. The third-order valence-corrected chi connectivity index (χ3v) is 3.93. The predicted molar refractivity (Wildman–Crippen MR) is 65.1 cm³/mol. The molecule has 1 aliphatic carbocycles. The summed E-state index contributed by atoms with van der Waals surface area (Å²) in [4.78, 5) is 23.5. The SMILES string of the molecule is Cn1nccc1CCC1(C(=O)O)CCCCC1=O. The summed E-state index contributed by atoms with van der Waals surface area (Å²) in [5.41, 5.74) is -0.198. The summed E-state index contributed by atoms with van der Waals surface area (Å²) in [5, 5.41) is 13.5. The molecular weight excluding hydrogens is 232 g/mol. The number of carboxylic acid groups (broad SMARTS) is 1. The molecule has 0 saturated heterocycles. The van der Waals surface area contributed by atoms with E-state index < -0.39 is 11.4 Å². The van der Waals surface area contributed by atoms with E-state index in [9.17, 15) is 14.7 Å². The second-order valence-corrected chi connectivity index (χ2v) is 4.96. The van der Waals surface area contributed by atoms with Crippen molar-refractivity contribution in [3.8, 4) is 0 Å². The lowest BCUT2D eigenvalue weighted by Crippen LogP contribution is -2.42. The molecule has 1 unspecified atom stereocenters. The van der Waals surface area contributed by atoms with Gasteiger partial charge < -0.3 is 5.11 Å². The highest BCUT2D eigenvalue weighted by Crippen LogP contribution is 2.37. The van der Waals surface area contributed by atoms with Crippen LogP contribution in [0.5, 0.6) is 0 Å². The number of rotatable bonds is 4. The van der Waals surface area contributed by atoms with Crippen molar-refractivity contribution in [1.82, 2.24) is 9.78 Å². The standard InChI is InChI=1S/C13H18N2O3/c1-15-10(6-9-14-15)5-8-13(12(17)18)7-3-2-4-11(13)16/h6,9H,2-5,7-8H2,1H3,(H,17,18). The second-order valence-electron chi connectivity index (χ2n) is 4.96. The minimum absolute atomic E-state index is 0.108. The Morgan fingerprint density at radius 3 is 2.89 bits per heavy atom. The molecule has 98 valence electrons. The topological polar surface area (TPSA) is 72.2 Å². The molecule has 0 amide bonds. The molecule has 5 nitrogen and oxygen atoms in total. The first-order chi connectivity index (χ1) is 8.56. The maximum atomic E-state index is 12.0. The zero-order valence-corrected chi connectivity index (χ0v) is 10.6. The highest BCUT2D eigenvalue weighted by molar-refractivity contribution is 6.03. The van der Waals surface area contributed by atoms with Crippen LogP contribution in [0.2, 0.25) is 0 Å². The van der Waals surface area contributed by atoms with Gasteiger partial charge in [0, 0.05) is 25.4 Å². The van der Waals surface area contributed by atoms with Crippen LogP contribution in [-0.2, 0) is 23.1 Å². The highest BCUT2D eigenvalue weighted by Gasteiger charge is 2.46. The summed E-state index contributed by atoms with van der Waals surface area (Å²) in [6.45, 7) is 0. The molecule has 18 heavy (non-hydrogen) atoms. The summed E-state index contributed by atoms with van der Waals surface area (Å²) in [7, 11) is 1.82. The average Bonchev–Trinajstić information content (AvgIpc) is 2.74. The van der Waals surface area contributed by atoms with Gasteiger partial charge in [0.15, 0.2) is 0 Å². The molecule has 2 rings (SSSR count). The predicted octanol–water partition coefficient (Wildman–Crippen LogP) is 1.57. The molecule has 1 N–H and O–H groups in total. The van der Waals surface area contributed by atoms with Gasteiger partial charge >= 0.3 is 5.97 Å². The van der Waals surface area contributed by atoms with Gasteiger partial charge in [-0.25, -0.2) is 0 Å². The normalized spacial score (nSPS) is 24.2. The number of ketones is 1. The fraction of sp³-hybridized carbons (Fsp3) is 0.615. The van der Waals surface area contributed by atoms with Gasteiger partial charge in [-0.2, -0.15) is 5.10 Å². The van der Waals surface area contributed by atoms with Crippen molar-refractivity contribution in [2.45, 2.75) is 38.5 Å². The van der Waals surface area contributed by atoms with Crippen LogP contribution in [0.4, 0.5) is 0 Å². The average molecular weight is 250 g/mol. The summed E-state index contributed by atoms with van der Waals surface area (Å²) in [6.07, 6.45) is 5.15. The van der Waals surface area contributed by atoms with Crippen LogP contribution >= 0.6 is 0 Å². The van der Waals surface area contributed by atoms with E-state index in [1.807, 2.05) is 13.1 Å². The Balaban J connectivity index is 2.14. The maximum absolute atomic E-state index is 12.0. The summed E-state index contributed by atoms with van der Waals surface area (Å²) < 4.78 is 1.73. The van der Waals surface area contributed by atoms with Crippen molar-refractivity contribution >= 4 is 11.8 Å². The minimum Gasteiger partial charge on any atom is -0.480 e. The van der Waals surface area contributed by atoms with Crippen LogP contribution in [0.15, 0.2) is 12.3 Å². The number of hydrogen-bond donors (Lipinski definition) is 1. The molecule has 1 aromatic rings. The third kappa shape index (κ3) is 2.17. The molecule has 1 heterocycles. The van der Waals surface area contributed by atoms with E-state index in [-0.39, 0.29) is 5.78 Å². The van der Waals surface area contributed by atoms with Gasteiger partial charge in [-0.15, -0.1) is 0 Å². The minimum atomic E-state index is -1.16. The number of hydrogen-bond acceptors (Lipinski definition) is 3. The lowest BCUT2D eigenvalue weighted by atomic mass is 9.70. The Labute approximate surface area is 106 Å². The van der Waals surface area contributed by atoms with Crippen LogP contribution in [-0.4, -0.2) is 26.6 Å². The lowest BCUT2D eigenvalue weighted by Gasteiger charge is -2.31. The van der Waals surface area contributed by atoms with E-state index >= 15 is 0 Å². The van der Waals surface area contributed by atoms with E-state index in [0.717, 1.165) is 18.5 Å². The van der Waals surface area contributed by atoms with Crippen LogP contribution in [0.1, 0.15) is 37.8 Å². The number of aliphatic carboxylic acids is 1. The first-order valence-corrected chi connectivity index (χ1v) is 6.30. The molecule has 1 fully saturated rings. The van der Waals surface area contributed by atoms with Gasteiger partial charge in [-0.05, 0) is 31.7 Å².